The van der Waals surface area contributed by atoms with E-state index in [0.29, 0.717) is 0 Å². The van der Waals surface area contributed by atoms with E-state index in [4.69, 9.17) is 0 Å². The second kappa shape index (κ2) is 5.21. The van der Waals surface area contributed by atoms with Crippen molar-refractivity contribution >= 4 is 27.2 Å². The van der Waals surface area contributed by atoms with Gasteiger partial charge in [-0.3, -0.25) is 0 Å². The lowest BCUT2D eigenvalue weighted by Gasteiger charge is -2.12. The van der Waals surface area contributed by atoms with E-state index in [1.165, 1.54) is 15.6 Å². The van der Waals surface area contributed by atoms with Gasteiger partial charge in [-0.1, -0.05) is 18.2 Å². The summed E-state index contributed by atoms with van der Waals surface area (Å²) in [6, 6.07) is 8.53. The third-order valence-electron chi connectivity index (χ3n) is 3.34. The lowest BCUT2D eigenvalue weighted by molar-refractivity contribution is 1.02. The van der Waals surface area contributed by atoms with Gasteiger partial charge in [0.1, 0.15) is 11.6 Å². The van der Waals surface area contributed by atoms with Crippen molar-refractivity contribution in [1.82, 2.24) is 9.97 Å². The Balaban J connectivity index is 2.26. The molecule has 3 nitrogen and oxygen atoms in total. The van der Waals surface area contributed by atoms with Crippen LogP contribution in [-0.2, 0) is 0 Å². The van der Waals surface area contributed by atoms with Gasteiger partial charge < -0.3 is 5.32 Å². The molecule has 0 saturated heterocycles. The van der Waals surface area contributed by atoms with Crippen molar-refractivity contribution < 1.29 is 0 Å². The summed E-state index contributed by atoms with van der Waals surface area (Å²) in [5.41, 5.74) is 3.33. The Morgan fingerprint density at radius 3 is 2.80 bits per heavy atom. The summed E-state index contributed by atoms with van der Waals surface area (Å²) in [5, 5.41) is 6.72. The monoisotopic (exact) mass is 283 g/mol. The Morgan fingerprint density at radius 2 is 2.00 bits per heavy atom. The number of rotatable bonds is 3. The van der Waals surface area contributed by atoms with Crippen LogP contribution in [0.2, 0.25) is 0 Å². The van der Waals surface area contributed by atoms with Gasteiger partial charge in [0.05, 0.1) is 5.69 Å². The number of thiophene rings is 1. The first-order valence-electron chi connectivity index (χ1n) is 6.76. The van der Waals surface area contributed by atoms with Gasteiger partial charge in [-0.15, -0.1) is 11.3 Å². The lowest BCUT2D eigenvalue weighted by atomic mass is 10.1. The van der Waals surface area contributed by atoms with Crippen molar-refractivity contribution in [2.75, 3.05) is 11.9 Å². The van der Waals surface area contributed by atoms with Crippen LogP contribution in [0.3, 0.4) is 0 Å². The fourth-order valence-corrected chi connectivity index (χ4v) is 3.32. The van der Waals surface area contributed by atoms with Crippen LogP contribution < -0.4 is 5.32 Å². The Labute approximate surface area is 122 Å². The highest BCUT2D eigenvalue weighted by Gasteiger charge is 2.13. The lowest BCUT2D eigenvalue weighted by Crippen LogP contribution is -2.06. The highest BCUT2D eigenvalue weighted by Crippen LogP contribution is 2.34. The van der Waals surface area contributed by atoms with E-state index in [-0.39, 0.29) is 0 Å². The summed E-state index contributed by atoms with van der Waals surface area (Å²) in [6.07, 6.45) is 0. The second-order valence-electron chi connectivity index (χ2n) is 4.77. The molecule has 0 fully saturated rings. The first-order valence-corrected chi connectivity index (χ1v) is 7.64. The van der Waals surface area contributed by atoms with Crippen molar-refractivity contribution in [2.24, 2.45) is 0 Å². The van der Waals surface area contributed by atoms with Crippen LogP contribution in [0.5, 0.6) is 0 Å². The number of aromatic nitrogens is 2. The van der Waals surface area contributed by atoms with Gasteiger partial charge in [0.2, 0.25) is 0 Å². The number of fused-ring (bicyclic) bond motifs is 1. The molecule has 2 heterocycles. The van der Waals surface area contributed by atoms with Gasteiger partial charge in [-0.25, -0.2) is 9.97 Å². The van der Waals surface area contributed by atoms with Gasteiger partial charge in [-0.2, -0.15) is 0 Å². The zero-order valence-corrected chi connectivity index (χ0v) is 12.7. The van der Waals surface area contributed by atoms with Crippen LogP contribution in [-0.4, -0.2) is 16.5 Å². The number of anilines is 1. The van der Waals surface area contributed by atoms with Crippen LogP contribution in [0.4, 0.5) is 5.82 Å². The van der Waals surface area contributed by atoms with Gasteiger partial charge in [-0.05, 0) is 37.6 Å². The second-order valence-corrected chi connectivity index (χ2v) is 5.68. The van der Waals surface area contributed by atoms with E-state index >= 15 is 0 Å². The molecule has 0 aliphatic carbocycles. The fraction of sp³-hybridized carbons (Fsp3) is 0.250. The minimum absolute atomic E-state index is 0.801. The summed E-state index contributed by atoms with van der Waals surface area (Å²) in [7, 11) is 0. The zero-order valence-electron chi connectivity index (χ0n) is 11.9. The summed E-state index contributed by atoms with van der Waals surface area (Å²) in [5.74, 6) is 1.73. The smallest absolute Gasteiger partial charge is 0.133 e. The first-order chi connectivity index (χ1) is 9.70. The SMILES string of the molecule is CCNc1nc(C)nc(-c2cccc3ccsc23)c1C. The molecule has 102 valence electrons. The Hall–Kier alpha value is -1.94. The Morgan fingerprint density at radius 1 is 1.15 bits per heavy atom. The highest BCUT2D eigenvalue weighted by atomic mass is 32.1. The van der Waals surface area contributed by atoms with Crippen LogP contribution in [0.1, 0.15) is 18.3 Å². The molecule has 0 aliphatic rings. The summed E-state index contributed by atoms with van der Waals surface area (Å²) in [6.45, 7) is 6.97. The largest absolute Gasteiger partial charge is 0.370 e. The number of nitrogens with one attached hydrogen (secondary N) is 1. The molecule has 3 rings (SSSR count). The van der Waals surface area contributed by atoms with Crippen molar-refractivity contribution in [3.63, 3.8) is 0 Å². The van der Waals surface area contributed by atoms with Gasteiger partial charge >= 0.3 is 0 Å². The van der Waals surface area contributed by atoms with Crippen LogP contribution in [0, 0.1) is 13.8 Å². The molecule has 0 radical (unpaired) electrons. The molecule has 0 atom stereocenters. The maximum atomic E-state index is 4.67. The average molecular weight is 283 g/mol. The fourth-order valence-electron chi connectivity index (χ4n) is 2.41. The number of nitrogens with zero attached hydrogens (tertiary/aromatic N) is 2. The number of aryl methyl sites for hydroxylation is 1. The molecule has 0 bridgehead atoms. The van der Waals surface area contributed by atoms with Gasteiger partial charge in [0.15, 0.2) is 0 Å². The molecule has 0 spiro atoms. The number of hydrogen-bond acceptors (Lipinski definition) is 4. The third-order valence-corrected chi connectivity index (χ3v) is 4.30. The quantitative estimate of drug-likeness (QED) is 0.774. The van der Waals surface area contributed by atoms with E-state index in [1.54, 1.807) is 11.3 Å². The summed E-state index contributed by atoms with van der Waals surface area (Å²) in [4.78, 5) is 9.17. The van der Waals surface area contributed by atoms with Crippen LogP contribution in [0.15, 0.2) is 29.6 Å². The molecule has 1 N–H and O–H groups in total. The molecule has 0 saturated carbocycles. The molecule has 2 aromatic heterocycles. The van der Waals surface area contributed by atoms with Crippen molar-refractivity contribution in [2.45, 2.75) is 20.8 Å². The molecule has 1 aromatic carbocycles. The van der Waals surface area contributed by atoms with E-state index < -0.39 is 0 Å². The Bertz CT molecular complexity index is 762. The molecule has 20 heavy (non-hydrogen) atoms. The summed E-state index contributed by atoms with van der Waals surface area (Å²) >= 11 is 1.76. The van der Waals surface area contributed by atoms with E-state index in [1.807, 2.05) is 6.92 Å². The number of hydrogen-bond donors (Lipinski definition) is 1. The third kappa shape index (κ3) is 2.16. The van der Waals surface area contributed by atoms with E-state index in [0.717, 1.165) is 29.4 Å². The molecule has 4 heteroatoms. The highest BCUT2D eigenvalue weighted by molar-refractivity contribution is 7.17. The maximum absolute atomic E-state index is 4.67. The van der Waals surface area contributed by atoms with Crippen molar-refractivity contribution in [3.8, 4) is 11.3 Å². The Kier molecular flexibility index (Phi) is 3.40. The van der Waals surface area contributed by atoms with Crippen LogP contribution >= 0.6 is 11.3 Å². The minimum atomic E-state index is 0.801. The molecule has 3 aromatic rings. The average Bonchev–Trinajstić information content (AvgIpc) is 2.91. The van der Waals surface area contributed by atoms with Gasteiger partial charge in [0.25, 0.3) is 0 Å². The van der Waals surface area contributed by atoms with Crippen molar-refractivity contribution in [3.05, 3.63) is 41.0 Å². The molecule has 0 unspecified atom stereocenters. The molecule has 0 amide bonds. The molecular weight excluding hydrogens is 266 g/mol. The summed E-state index contributed by atoms with van der Waals surface area (Å²) < 4.78 is 1.29. The standard InChI is InChI=1S/C16H17N3S/c1-4-17-16-10(2)14(18-11(3)19-16)13-7-5-6-12-8-9-20-15(12)13/h5-9H,4H2,1-3H3,(H,17,18,19). The maximum Gasteiger partial charge on any atom is 0.133 e. The van der Waals surface area contributed by atoms with Crippen molar-refractivity contribution in [1.29, 1.82) is 0 Å². The normalized spacial score (nSPS) is 10.9. The number of benzene rings is 1. The molecule has 0 aliphatic heterocycles. The topological polar surface area (TPSA) is 37.8 Å². The van der Waals surface area contributed by atoms with Crippen LogP contribution in [0.25, 0.3) is 21.3 Å². The van der Waals surface area contributed by atoms with E-state index in [2.05, 4.69) is 58.8 Å². The van der Waals surface area contributed by atoms with E-state index in [9.17, 15) is 0 Å². The zero-order chi connectivity index (χ0) is 14.1. The predicted octanol–water partition coefficient (Wildman–Crippen LogP) is 4.41. The first kappa shape index (κ1) is 13.1. The predicted molar refractivity (Wildman–Crippen MR) is 86.5 cm³/mol. The minimum Gasteiger partial charge on any atom is -0.370 e. The van der Waals surface area contributed by atoms with Gasteiger partial charge in [0, 0.05) is 22.4 Å². The molecular formula is C16H17N3S.